The lowest BCUT2D eigenvalue weighted by atomic mass is 9.93. The molecule has 5 nitrogen and oxygen atoms in total. The third kappa shape index (κ3) is 2.69. The van der Waals surface area contributed by atoms with Crippen LogP contribution in [0.3, 0.4) is 0 Å². The van der Waals surface area contributed by atoms with Crippen molar-refractivity contribution in [1.82, 2.24) is 15.2 Å². The third-order valence-corrected chi connectivity index (χ3v) is 4.68. The number of amides is 2. The van der Waals surface area contributed by atoms with Gasteiger partial charge in [-0.1, -0.05) is 0 Å². The maximum atomic E-state index is 12.7. The van der Waals surface area contributed by atoms with Gasteiger partial charge in [-0.3, -0.25) is 14.6 Å². The molecule has 112 valence electrons. The molecule has 1 aliphatic carbocycles. The Morgan fingerprint density at radius 1 is 1.38 bits per heavy atom. The molecule has 1 aromatic heterocycles. The van der Waals surface area contributed by atoms with Gasteiger partial charge in [-0.05, 0) is 60.2 Å². The first kappa shape index (κ1) is 14.5. The zero-order valence-corrected chi connectivity index (χ0v) is 13.7. The normalized spacial score (nSPS) is 24.9. The summed E-state index contributed by atoms with van der Waals surface area (Å²) in [5.41, 5.74) is 0.0696. The highest BCUT2D eigenvalue weighted by Gasteiger charge is 2.50. The van der Waals surface area contributed by atoms with Crippen LogP contribution in [0.25, 0.3) is 0 Å². The lowest BCUT2D eigenvalue weighted by Gasteiger charge is -2.44. The first-order valence-corrected chi connectivity index (χ1v) is 7.91. The van der Waals surface area contributed by atoms with E-state index in [-0.39, 0.29) is 17.9 Å². The van der Waals surface area contributed by atoms with Crippen LogP contribution in [0.2, 0.25) is 0 Å². The molecule has 2 fully saturated rings. The first-order chi connectivity index (χ1) is 9.89. The number of aromatic nitrogens is 1. The monoisotopic (exact) mass is 351 g/mol. The molecule has 3 rings (SSSR count). The van der Waals surface area contributed by atoms with Crippen LogP contribution >= 0.6 is 15.9 Å². The van der Waals surface area contributed by atoms with Gasteiger partial charge >= 0.3 is 0 Å². The molecule has 0 radical (unpaired) electrons. The minimum Gasteiger partial charge on any atom is -0.342 e. The van der Waals surface area contributed by atoms with E-state index in [1.807, 2.05) is 6.07 Å². The van der Waals surface area contributed by atoms with Crippen molar-refractivity contribution in [3.05, 3.63) is 28.5 Å². The molecule has 1 unspecified atom stereocenters. The summed E-state index contributed by atoms with van der Waals surface area (Å²) in [5, 5.41) is 2.89. The van der Waals surface area contributed by atoms with Crippen molar-refractivity contribution in [3.8, 4) is 0 Å². The average molecular weight is 352 g/mol. The molecule has 1 aromatic rings. The van der Waals surface area contributed by atoms with Gasteiger partial charge in [-0.25, -0.2) is 0 Å². The van der Waals surface area contributed by atoms with E-state index in [1.165, 1.54) is 0 Å². The van der Waals surface area contributed by atoms with Crippen molar-refractivity contribution in [3.63, 3.8) is 0 Å². The molecule has 0 aromatic carbocycles. The first-order valence-electron chi connectivity index (χ1n) is 7.11. The standard InChI is InChI=1S/C15H18BrN3O2/c1-15(2)14(21)18-12(10-3-4-10)13(20)19(15)8-9-5-11(16)7-17-6-9/h5-7,10,12H,3-4,8H2,1-2H3,(H,18,21). The number of piperazine rings is 1. The van der Waals surface area contributed by atoms with Crippen molar-refractivity contribution in [1.29, 1.82) is 0 Å². The van der Waals surface area contributed by atoms with E-state index >= 15 is 0 Å². The predicted octanol–water partition coefficient (Wildman–Crippen LogP) is 1.86. The van der Waals surface area contributed by atoms with Crippen LogP contribution in [-0.2, 0) is 16.1 Å². The number of carbonyl (C=O) groups excluding carboxylic acids is 2. The molecule has 6 heteroatoms. The van der Waals surface area contributed by atoms with Gasteiger partial charge in [0.25, 0.3) is 0 Å². The van der Waals surface area contributed by atoms with Gasteiger partial charge in [0.15, 0.2) is 0 Å². The minimum absolute atomic E-state index is 0.0158. The highest BCUT2D eigenvalue weighted by Crippen LogP contribution is 2.37. The molecule has 0 bridgehead atoms. The van der Waals surface area contributed by atoms with Gasteiger partial charge in [0.2, 0.25) is 11.8 Å². The minimum atomic E-state index is -0.842. The number of halogens is 1. The third-order valence-electron chi connectivity index (χ3n) is 4.24. The van der Waals surface area contributed by atoms with E-state index in [0.717, 1.165) is 22.9 Å². The van der Waals surface area contributed by atoms with Gasteiger partial charge in [0.1, 0.15) is 11.6 Å². The molecule has 21 heavy (non-hydrogen) atoms. The van der Waals surface area contributed by atoms with Crippen molar-refractivity contribution in [2.24, 2.45) is 5.92 Å². The van der Waals surface area contributed by atoms with Crippen LogP contribution in [0.1, 0.15) is 32.3 Å². The Kier molecular flexibility index (Phi) is 3.51. The Morgan fingerprint density at radius 3 is 2.71 bits per heavy atom. The molecule has 2 amide bonds. The predicted molar refractivity (Wildman–Crippen MR) is 81.2 cm³/mol. The quantitative estimate of drug-likeness (QED) is 0.903. The number of nitrogens with zero attached hydrogens (tertiary/aromatic N) is 2. The second-order valence-corrected chi connectivity index (χ2v) is 7.20. The van der Waals surface area contributed by atoms with E-state index in [4.69, 9.17) is 0 Å². The maximum Gasteiger partial charge on any atom is 0.246 e. The largest absolute Gasteiger partial charge is 0.342 e. The van der Waals surface area contributed by atoms with Crippen molar-refractivity contribution >= 4 is 27.7 Å². The van der Waals surface area contributed by atoms with Crippen LogP contribution in [0.5, 0.6) is 0 Å². The van der Waals surface area contributed by atoms with E-state index in [1.54, 1.807) is 31.1 Å². The average Bonchev–Trinajstić information content (AvgIpc) is 3.24. The summed E-state index contributed by atoms with van der Waals surface area (Å²) in [7, 11) is 0. The summed E-state index contributed by atoms with van der Waals surface area (Å²) in [6.07, 6.45) is 5.46. The van der Waals surface area contributed by atoms with Gasteiger partial charge < -0.3 is 10.2 Å². The molecule has 1 saturated heterocycles. The summed E-state index contributed by atoms with van der Waals surface area (Å²) in [4.78, 5) is 30.9. The highest BCUT2D eigenvalue weighted by atomic mass is 79.9. The lowest BCUT2D eigenvalue weighted by molar-refractivity contribution is -0.156. The lowest BCUT2D eigenvalue weighted by Crippen LogP contribution is -2.68. The number of hydrogen-bond donors (Lipinski definition) is 1. The van der Waals surface area contributed by atoms with Crippen LogP contribution in [0.15, 0.2) is 22.9 Å². The molecule has 1 atom stereocenters. The van der Waals surface area contributed by atoms with Crippen LogP contribution in [-0.4, -0.2) is 33.3 Å². The summed E-state index contributed by atoms with van der Waals surface area (Å²) < 4.78 is 0.866. The number of pyridine rings is 1. The van der Waals surface area contributed by atoms with Crippen LogP contribution in [0.4, 0.5) is 0 Å². The molecular formula is C15H18BrN3O2. The molecular weight excluding hydrogens is 334 g/mol. The Bertz CT molecular complexity index is 598. The maximum absolute atomic E-state index is 12.7. The van der Waals surface area contributed by atoms with Gasteiger partial charge in [-0.2, -0.15) is 0 Å². The second-order valence-electron chi connectivity index (χ2n) is 6.28. The Balaban J connectivity index is 1.88. The van der Waals surface area contributed by atoms with Crippen molar-refractivity contribution in [2.75, 3.05) is 0 Å². The number of carbonyl (C=O) groups is 2. The summed E-state index contributed by atoms with van der Waals surface area (Å²) in [5.74, 6) is 0.240. The number of nitrogens with one attached hydrogen (secondary N) is 1. The second kappa shape index (κ2) is 5.09. The smallest absolute Gasteiger partial charge is 0.246 e. The van der Waals surface area contributed by atoms with Crippen molar-refractivity contribution < 1.29 is 9.59 Å². The zero-order chi connectivity index (χ0) is 15.2. The molecule has 0 spiro atoms. The van der Waals surface area contributed by atoms with Crippen LogP contribution in [0, 0.1) is 5.92 Å². The Labute approximate surface area is 132 Å². The van der Waals surface area contributed by atoms with Crippen LogP contribution < -0.4 is 5.32 Å². The van der Waals surface area contributed by atoms with Crippen molar-refractivity contribution in [2.45, 2.75) is 44.8 Å². The summed E-state index contributed by atoms with van der Waals surface area (Å²) >= 11 is 3.38. The molecule has 1 aliphatic heterocycles. The Morgan fingerprint density at radius 2 is 2.10 bits per heavy atom. The summed E-state index contributed by atoms with van der Waals surface area (Å²) in [6.45, 7) is 3.97. The molecule has 2 aliphatic rings. The fourth-order valence-corrected chi connectivity index (χ4v) is 3.11. The van der Waals surface area contributed by atoms with Gasteiger partial charge in [0, 0.05) is 23.4 Å². The fourth-order valence-electron chi connectivity index (χ4n) is 2.70. The molecule has 1 saturated carbocycles. The SMILES string of the molecule is CC1(C)C(=O)NC(C2CC2)C(=O)N1Cc1cncc(Br)c1. The van der Waals surface area contributed by atoms with E-state index in [2.05, 4.69) is 26.2 Å². The molecule has 1 N–H and O–H groups in total. The van der Waals surface area contributed by atoms with Gasteiger partial charge in [0.05, 0.1) is 0 Å². The number of hydrogen-bond acceptors (Lipinski definition) is 3. The number of rotatable bonds is 3. The topological polar surface area (TPSA) is 62.3 Å². The fraction of sp³-hybridized carbons (Fsp3) is 0.533. The van der Waals surface area contributed by atoms with Gasteiger partial charge in [-0.15, -0.1) is 0 Å². The zero-order valence-electron chi connectivity index (χ0n) is 12.1. The Hall–Kier alpha value is -1.43. The van der Waals surface area contributed by atoms with E-state index in [0.29, 0.717) is 12.5 Å². The highest BCUT2D eigenvalue weighted by molar-refractivity contribution is 9.10. The molecule has 2 heterocycles. The van der Waals surface area contributed by atoms with E-state index in [9.17, 15) is 9.59 Å². The van der Waals surface area contributed by atoms with E-state index < -0.39 is 5.54 Å². The summed E-state index contributed by atoms with van der Waals surface area (Å²) in [6, 6.07) is 1.57.